The third-order valence-corrected chi connectivity index (χ3v) is 6.31. The SMILES string of the molecule is CC1=C(C(=O)OCC(C)C#N)C(c2ccccc2OCc2ccc(C)cc2)C(C(=O)OCC(C)C#N)=C(C)N1. The molecule has 3 rings (SSSR count). The molecule has 1 N–H and O–H groups in total. The summed E-state index contributed by atoms with van der Waals surface area (Å²) < 4.78 is 17.2. The minimum Gasteiger partial charge on any atom is -0.489 e. The number of para-hydroxylation sites is 1. The fourth-order valence-electron chi connectivity index (χ4n) is 4.17. The van der Waals surface area contributed by atoms with Crippen molar-refractivity contribution in [3.8, 4) is 17.9 Å². The first-order chi connectivity index (χ1) is 18.7. The van der Waals surface area contributed by atoms with Crippen molar-refractivity contribution >= 4 is 11.9 Å². The van der Waals surface area contributed by atoms with Gasteiger partial charge in [0.2, 0.25) is 0 Å². The van der Waals surface area contributed by atoms with Crippen LogP contribution in [-0.4, -0.2) is 25.2 Å². The molecule has 0 bridgehead atoms. The van der Waals surface area contributed by atoms with Crippen LogP contribution in [0, 0.1) is 41.4 Å². The van der Waals surface area contributed by atoms with Crippen molar-refractivity contribution in [1.82, 2.24) is 5.32 Å². The van der Waals surface area contributed by atoms with Gasteiger partial charge in [-0.25, -0.2) is 9.59 Å². The van der Waals surface area contributed by atoms with E-state index in [1.54, 1.807) is 39.8 Å². The van der Waals surface area contributed by atoms with E-state index in [0.29, 0.717) is 22.7 Å². The molecule has 1 heterocycles. The maximum atomic E-state index is 13.4. The molecule has 202 valence electrons. The van der Waals surface area contributed by atoms with E-state index in [1.165, 1.54) is 0 Å². The molecule has 0 aromatic heterocycles. The number of nitrogens with one attached hydrogen (secondary N) is 1. The summed E-state index contributed by atoms with van der Waals surface area (Å²) in [6.07, 6.45) is 0. The van der Waals surface area contributed by atoms with Crippen molar-refractivity contribution in [2.45, 2.75) is 47.1 Å². The van der Waals surface area contributed by atoms with E-state index < -0.39 is 29.7 Å². The van der Waals surface area contributed by atoms with Crippen LogP contribution in [0.25, 0.3) is 0 Å². The molecule has 1 aliphatic rings. The molecule has 2 unspecified atom stereocenters. The Morgan fingerprint density at radius 1 is 0.846 bits per heavy atom. The van der Waals surface area contributed by atoms with Crippen molar-refractivity contribution in [2.24, 2.45) is 11.8 Å². The fourth-order valence-corrected chi connectivity index (χ4v) is 4.17. The maximum Gasteiger partial charge on any atom is 0.336 e. The molecule has 2 aromatic rings. The third-order valence-electron chi connectivity index (χ3n) is 6.31. The molecule has 0 aliphatic carbocycles. The molecule has 8 nitrogen and oxygen atoms in total. The van der Waals surface area contributed by atoms with Gasteiger partial charge in [-0.15, -0.1) is 0 Å². The summed E-state index contributed by atoms with van der Waals surface area (Å²) in [6.45, 7) is 8.89. The summed E-state index contributed by atoms with van der Waals surface area (Å²) in [5.41, 5.74) is 4.16. The Kier molecular flexibility index (Phi) is 9.89. The molecular formula is C31H33N3O5. The zero-order chi connectivity index (χ0) is 28.5. The Morgan fingerprint density at radius 3 is 1.87 bits per heavy atom. The van der Waals surface area contributed by atoms with Crippen molar-refractivity contribution < 1.29 is 23.8 Å². The number of hydrogen-bond acceptors (Lipinski definition) is 8. The smallest absolute Gasteiger partial charge is 0.336 e. The number of nitriles is 2. The lowest BCUT2D eigenvalue weighted by Crippen LogP contribution is -2.33. The Hall–Kier alpha value is -4.56. The molecular weight excluding hydrogens is 494 g/mol. The highest BCUT2D eigenvalue weighted by molar-refractivity contribution is 6.00. The molecule has 0 amide bonds. The van der Waals surface area contributed by atoms with Gasteiger partial charge in [-0.3, -0.25) is 0 Å². The Morgan fingerprint density at radius 2 is 1.36 bits per heavy atom. The number of allylic oxidation sites excluding steroid dienone is 2. The summed E-state index contributed by atoms with van der Waals surface area (Å²) in [7, 11) is 0. The van der Waals surface area contributed by atoms with Crippen LogP contribution in [0.3, 0.4) is 0 Å². The molecule has 2 atom stereocenters. The lowest BCUT2D eigenvalue weighted by atomic mass is 9.80. The van der Waals surface area contributed by atoms with Crippen LogP contribution in [0.2, 0.25) is 0 Å². The minimum absolute atomic E-state index is 0.0907. The van der Waals surface area contributed by atoms with E-state index in [-0.39, 0.29) is 31.0 Å². The van der Waals surface area contributed by atoms with Crippen molar-refractivity contribution in [2.75, 3.05) is 13.2 Å². The zero-order valence-electron chi connectivity index (χ0n) is 22.9. The molecule has 39 heavy (non-hydrogen) atoms. The first kappa shape index (κ1) is 29.0. The van der Waals surface area contributed by atoms with Gasteiger partial charge in [0.1, 0.15) is 25.6 Å². The van der Waals surface area contributed by atoms with Gasteiger partial charge in [0, 0.05) is 17.0 Å². The van der Waals surface area contributed by atoms with Crippen LogP contribution in [0.15, 0.2) is 71.1 Å². The number of rotatable bonds is 10. The zero-order valence-corrected chi connectivity index (χ0v) is 22.9. The van der Waals surface area contributed by atoms with E-state index in [1.807, 2.05) is 43.3 Å². The van der Waals surface area contributed by atoms with E-state index in [0.717, 1.165) is 11.1 Å². The van der Waals surface area contributed by atoms with E-state index in [2.05, 4.69) is 17.5 Å². The summed E-state index contributed by atoms with van der Waals surface area (Å²) >= 11 is 0. The molecule has 0 saturated carbocycles. The van der Waals surface area contributed by atoms with Crippen LogP contribution in [0.1, 0.15) is 50.3 Å². The summed E-state index contributed by atoms with van der Waals surface area (Å²) in [5.74, 6) is -2.66. The number of carbonyl (C=O) groups excluding carboxylic acids is 2. The van der Waals surface area contributed by atoms with Crippen LogP contribution >= 0.6 is 0 Å². The molecule has 0 saturated heterocycles. The fraction of sp³-hybridized carbons (Fsp3) is 0.355. The average molecular weight is 528 g/mol. The predicted octanol–water partition coefficient (Wildman–Crippen LogP) is 5.21. The third kappa shape index (κ3) is 7.27. The van der Waals surface area contributed by atoms with Crippen molar-refractivity contribution in [3.05, 3.63) is 87.8 Å². The molecule has 0 fully saturated rings. The first-order valence-electron chi connectivity index (χ1n) is 12.8. The van der Waals surface area contributed by atoms with Crippen LogP contribution < -0.4 is 10.1 Å². The van der Waals surface area contributed by atoms with Gasteiger partial charge in [-0.2, -0.15) is 10.5 Å². The molecule has 0 radical (unpaired) electrons. The van der Waals surface area contributed by atoms with Gasteiger partial charge >= 0.3 is 11.9 Å². The van der Waals surface area contributed by atoms with Gasteiger partial charge in [0.05, 0.1) is 41.0 Å². The van der Waals surface area contributed by atoms with Crippen molar-refractivity contribution in [3.63, 3.8) is 0 Å². The molecule has 0 spiro atoms. The Labute approximate surface area is 229 Å². The van der Waals surface area contributed by atoms with Crippen molar-refractivity contribution in [1.29, 1.82) is 10.5 Å². The molecule has 2 aromatic carbocycles. The quantitative estimate of drug-likeness (QED) is 0.418. The first-order valence-corrected chi connectivity index (χ1v) is 12.8. The lowest BCUT2D eigenvalue weighted by Gasteiger charge is -2.31. The van der Waals surface area contributed by atoms with Gasteiger partial charge in [-0.05, 0) is 46.2 Å². The normalized spacial score (nSPS) is 16.3. The highest BCUT2D eigenvalue weighted by atomic mass is 16.5. The second kappa shape index (κ2) is 13.3. The van der Waals surface area contributed by atoms with Gasteiger partial charge in [0.15, 0.2) is 0 Å². The Bertz CT molecular complexity index is 1300. The van der Waals surface area contributed by atoms with E-state index in [4.69, 9.17) is 24.7 Å². The second-order valence-corrected chi connectivity index (χ2v) is 9.70. The number of carbonyl (C=O) groups is 2. The van der Waals surface area contributed by atoms with Crippen LogP contribution in [0.5, 0.6) is 5.75 Å². The number of nitrogens with zero attached hydrogens (tertiary/aromatic N) is 2. The van der Waals surface area contributed by atoms with Crippen LogP contribution in [0.4, 0.5) is 0 Å². The van der Waals surface area contributed by atoms with Crippen LogP contribution in [-0.2, 0) is 25.7 Å². The average Bonchev–Trinajstić information content (AvgIpc) is 2.93. The van der Waals surface area contributed by atoms with Gasteiger partial charge < -0.3 is 19.5 Å². The topological polar surface area (TPSA) is 121 Å². The molecule has 1 aliphatic heterocycles. The maximum absolute atomic E-state index is 13.4. The minimum atomic E-state index is -0.866. The number of aryl methyl sites for hydroxylation is 1. The number of esters is 2. The summed E-state index contributed by atoms with van der Waals surface area (Å²) in [4.78, 5) is 26.9. The second-order valence-electron chi connectivity index (χ2n) is 9.70. The largest absolute Gasteiger partial charge is 0.489 e. The highest BCUT2D eigenvalue weighted by Gasteiger charge is 2.39. The Balaban J connectivity index is 2.05. The number of benzene rings is 2. The summed E-state index contributed by atoms with van der Waals surface area (Å²) in [5, 5.41) is 21.4. The summed E-state index contributed by atoms with van der Waals surface area (Å²) in [6, 6.07) is 19.3. The number of hydrogen-bond donors (Lipinski definition) is 1. The molecule has 8 heteroatoms. The highest BCUT2D eigenvalue weighted by Crippen LogP contribution is 2.43. The number of dihydropyridines is 1. The van der Waals surface area contributed by atoms with Gasteiger partial charge in [-0.1, -0.05) is 48.0 Å². The van der Waals surface area contributed by atoms with E-state index >= 15 is 0 Å². The lowest BCUT2D eigenvalue weighted by molar-refractivity contribution is -0.140. The number of ether oxygens (including phenoxy) is 3. The van der Waals surface area contributed by atoms with Gasteiger partial charge in [0.25, 0.3) is 0 Å². The monoisotopic (exact) mass is 527 g/mol. The predicted molar refractivity (Wildman–Crippen MR) is 145 cm³/mol. The standard InChI is InChI=1S/C31H33N3O5/c1-19-10-12-24(13-11-19)18-37-26-9-7-6-8-25(26)29-27(30(35)38-16-20(2)14-32)22(4)34-23(5)28(29)31(36)39-17-21(3)15-33/h6-13,20-21,29,34H,16-18H2,1-5H3. The van der Waals surface area contributed by atoms with E-state index in [9.17, 15) is 9.59 Å².